The highest BCUT2D eigenvalue weighted by atomic mass is 79.9. The minimum absolute atomic E-state index is 0.109. The van der Waals surface area contributed by atoms with Gasteiger partial charge in [-0.05, 0) is 28.1 Å². The van der Waals surface area contributed by atoms with Crippen LogP contribution >= 0.6 is 43.5 Å². The molecule has 1 aliphatic rings. The first-order valence-corrected chi connectivity index (χ1v) is 8.50. The molecule has 3 rings (SSSR count). The van der Waals surface area contributed by atoms with Crippen LogP contribution in [0.5, 0.6) is 17.2 Å². The van der Waals surface area contributed by atoms with Crippen molar-refractivity contribution in [2.45, 2.75) is 0 Å². The number of amides is 1. The smallest absolute Gasteiger partial charge is 0.259 e. The first kappa shape index (κ1) is 16.4. The fourth-order valence-corrected chi connectivity index (χ4v) is 3.51. The number of benzene rings is 2. The predicted molar refractivity (Wildman–Crippen MR) is 93.9 cm³/mol. The molecule has 0 spiro atoms. The van der Waals surface area contributed by atoms with E-state index in [1.807, 2.05) is 0 Å². The molecule has 0 fully saturated rings. The molecule has 0 atom stereocenters. The zero-order chi connectivity index (χ0) is 16.6. The Kier molecular flexibility index (Phi) is 4.70. The molecule has 2 N–H and O–H groups in total. The molecule has 5 nitrogen and oxygen atoms in total. The van der Waals surface area contributed by atoms with Gasteiger partial charge in [-0.1, -0.05) is 27.5 Å². The van der Waals surface area contributed by atoms with Crippen molar-refractivity contribution in [1.82, 2.24) is 0 Å². The summed E-state index contributed by atoms with van der Waals surface area (Å²) in [7, 11) is 0. The molecule has 0 bridgehead atoms. The summed E-state index contributed by atoms with van der Waals surface area (Å²) in [6.45, 7) is 0.885. The van der Waals surface area contributed by atoms with Gasteiger partial charge in [0.1, 0.15) is 19.0 Å². The number of rotatable bonds is 2. The monoisotopic (exact) mass is 461 g/mol. The Bertz CT molecular complexity index is 798. The number of halogens is 3. The highest BCUT2D eigenvalue weighted by molar-refractivity contribution is 9.11. The molecule has 0 radical (unpaired) electrons. The molecule has 0 saturated carbocycles. The van der Waals surface area contributed by atoms with E-state index in [4.69, 9.17) is 21.1 Å². The molecule has 1 amide bonds. The van der Waals surface area contributed by atoms with Gasteiger partial charge in [0.05, 0.1) is 20.7 Å². The number of anilines is 1. The highest BCUT2D eigenvalue weighted by Gasteiger charge is 2.19. The quantitative estimate of drug-likeness (QED) is 0.684. The summed E-state index contributed by atoms with van der Waals surface area (Å²) >= 11 is 12.6. The largest absolute Gasteiger partial charge is 0.506 e. The number of carbonyl (C=O) groups excluding carboxylic acids is 1. The molecule has 120 valence electrons. The van der Waals surface area contributed by atoms with E-state index >= 15 is 0 Å². The van der Waals surface area contributed by atoms with Gasteiger partial charge in [-0.15, -0.1) is 0 Å². The number of ether oxygens (including phenoxy) is 2. The molecule has 0 saturated heterocycles. The van der Waals surface area contributed by atoms with Gasteiger partial charge in [0.25, 0.3) is 5.91 Å². The van der Waals surface area contributed by atoms with E-state index in [1.54, 1.807) is 18.2 Å². The van der Waals surface area contributed by atoms with E-state index in [-0.39, 0.29) is 11.3 Å². The van der Waals surface area contributed by atoms with Crippen LogP contribution in [0.25, 0.3) is 0 Å². The van der Waals surface area contributed by atoms with Crippen LogP contribution in [0.4, 0.5) is 5.69 Å². The van der Waals surface area contributed by atoms with E-state index in [1.165, 1.54) is 6.07 Å². The maximum atomic E-state index is 12.4. The summed E-state index contributed by atoms with van der Waals surface area (Å²) in [4.78, 5) is 12.4. The van der Waals surface area contributed by atoms with Crippen molar-refractivity contribution in [2.75, 3.05) is 18.5 Å². The number of hydrogen-bond acceptors (Lipinski definition) is 4. The first-order valence-electron chi connectivity index (χ1n) is 6.54. The van der Waals surface area contributed by atoms with Crippen molar-refractivity contribution < 1.29 is 19.4 Å². The third-order valence-corrected chi connectivity index (χ3v) is 4.53. The van der Waals surface area contributed by atoms with E-state index in [2.05, 4.69) is 37.2 Å². The second-order valence-corrected chi connectivity index (χ2v) is 6.89. The molecule has 23 heavy (non-hydrogen) atoms. The zero-order valence-corrected chi connectivity index (χ0v) is 15.5. The van der Waals surface area contributed by atoms with Crippen molar-refractivity contribution in [3.8, 4) is 17.2 Å². The summed E-state index contributed by atoms with van der Waals surface area (Å²) in [6.07, 6.45) is 0. The maximum absolute atomic E-state index is 12.4. The Balaban J connectivity index is 1.92. The summed E-state index contributed by atoms with van der Waals surface area (Å²) in [5.74, 6) is 0.394. The fourth-order valence-electron chi connectivity index (χ4n) is 2.09. The van der Waals surface area contributed by atoms with Gasteiger partial charge in [-0.3, -0.25) is 4.79 Å². The minimum atomic E-state index is -0.497. The third kappa shape index (κ3) is 3.41. The lowest BCUT2D eigenvalue weighted by Crippen LogP contribution is -2.17. The molecule has 1 aliphatic heterocycles. The zero-order valence-electron chi connectivity index (χ0n) is 11.5. The Morgan fingerprint density at radius 1 is 1.13 bits per heavy atom. The molecule has 0 aliphatic carbocycles. The third-order valence-electron chi connectivity index (χ3n) is 3.15. The minimum Gasteiger partial charge on any atom is -0.506 e. The molecule has 1 heterocycles. The fraction of sp³-hybridized carbons (Fsp3) is 0.133. The highest BCUT2D eigenvalue weighted by Crippen LogP contribution is 2.39. The Hall–Kier alpha value is -1.44. The van der Waals surface area contributed by atoms with Gasteiger partial charge in [-0.25, -0.2) is 0 Å². The molecule has 8 heteroatoms. The van der Waals surface area contributed by atoms with Crippen LogP contribution in [0.15, 0.2) is 33.2 Å². The van der Waals surface area contributed by atoms with Gasteiger partial charge in [-0.2, -0.15) is 0 Å². The van der Waals surface area contributed by atoms with Crippen LogP contribution in [0.2, 0.25) is 5.02 Å². The molecule has 0 aromatic heterocycles. The molecular formula is C15H10Br2ClNO4. The van der Waals surface area contributed by atoms with Crippen molar-refractivity contribution in [2.24, 2.45) is 0 Å². The molecule has 2 aromatic carbocycles. The van der Waals surface area contributed by atoms with Gasteiger partial charge in [0.15, 0.2) is 11.5 Å². The van der Waals surface area contributed by atoms with Crippen molar-refractivity contribution >= 4 is 55.1 Å². The predicted octanol–water partition coefficient (Wildman–Crippen LogP) is 4.59. The lowest BCUT2D eigenvalue weighted by molar-refractivity contribution is 0.102. The van der Waals surface area contributed by atoms with Crippen LogP contribution in [0, 0.1) is 0 Å². The van der Waals surface area contributed by atoms with Crippen LogP contribution in [-0.4, -0.2) is 24.2 Å². The number of fused-ring (bicyclic) bond motifs is 1. The van der Waals surface area contributed by atoms with Crippen molar-refractivity contribution in [3.05, 3.63) is 43.8 Å². The average molecular weight is 464 g/mol. The van der Waals surface area contributed by atoms with Crippen LogP contribution in [0.3, 0.4) is 0 Å². The van der Waals surface area contributed by atoms with E-state index in [0.717, 1.165) is 0 Å². The summed E-state index contributed by atoms with van der Waals surface area (Å²) < 4.78 is 12.0. The van der Waals surface area contributed by atoms with Gasteiger partial charge in [0, 0.05) is 16.6 Å². The second-order valence-electron chi connectivity index (χ2n) is 4.71. The van der Waals surface area contributed by atoms with Gasteiger partial charge < -0.3 is 19.9 Å². The number of nitrogens with one attached hydrogen (secondary N) is 1. The van der Waals surface area contributed by atoms with E-state index < -0.39 is 5.91 Å². The van der Waals surface area contributed by atoms with E-state index in [9.17, 15) is 9.90 Å². The Morgan fingerprint density at radius 2 is 1.78 bits per heavy atom. The number of carbonyl (C=O) groups is 1. The number of phenols is 1. The lowest BCUT2D eigenvalue weighted by atomic mass is 10.1. The SMILES string of the molecule is O=C(Nc1cc2c(cc1Cl)OCCO2)c1cc(Br)cc(Br)c1O. The van der Waals surface area contributed by atoms with Gasteiger partial charge >= 0.3 is 0 Å². The van der Waals surface area contributed by atoms with Crippen LogP contribution < -0.4 is 14.8 Å². The summed E-state index contributed by atoms with van der Waals surface area (Å²) in [5.41, 5.74) is 0.480. The van der Waals surface area contributed by atoms with Crippen molar-refractivity contribution in [3.63, 3.8) is 0 Å². The molecular weight excluding hydrogens is 453 g/mol. The Morgan fingerprint density at radius 3 is 2.48 bits per heavy atom. The summed E-state index contributed by atoms with van der Waals surface area (Å²) in [6, 6.07) is 6.34. The first-order chi connectivity index (χ1) is 11.0. The number of aromatic hydroxyl groups is 1. The lowest BCUT2D eigenvalue weighted by Gasteiger charge is -2.20. The number of phenolic OH excluding ortho intramolecular Hbond substituents is 1. The normalized spacial score (nSPS) is 12.8. The summed E-state index contributed by atoms with van der Waals surface area (Å²) in [5, 5.41) is 13.0. The molecule has 2 aromatic rings. The van der Waals surface area contributed by atoms with Gasteiger partial charge in [0.2, 0.25) is 0 Å². The van der Waals surface area contributed by atoms with Crippen molar-refractivity contribution in [1.29, 1.82) is 0 Å². The second kappa shape index (κ2) is 6.59. The standard InChI is InChI=1S/C15H10Br2ClNO4/c16-7-3-8(14(20)9(17)4-7)15(21)19-11-6-13-12(5-10(11)18)22-1-2-23-13/h3-6,20H,1-2H2,(H,19,21). The van der Waals surface area contributed by atoms with Crippen LogP contribution in [0.1, 0.15) is 10.4 Å². The number of hydrogen-bond donors (Lipinski definition) is 2. The van der Waals surface area contributed by atoms with E-state index in [0.29, 0.717) is 44.4 Å². The average Bonchev–Trinajstić information content (AvgIpc) is 2.51. The molecule has 0 unspecified atom stereocenters. The maximum Gasteiger partial charge on any atom is 0.259 e. The topological polar surface area (TPSA) is 67.8 Å². The Labute approximate surface area is 153 Å². The van der Waals surface area contributed by atoms with Crippen LogP contribution in [-0.2, 0) is 0 Å².